The van der Waals surface area contributed by atoms with Gasteiger partial charge < -0.3 is 43.3 Å². The zero-order valence-electron chi connectivity index (χ0n) is 60.6. The van der Waals surface area contributed by atoms with Gasteiger partial charge in [0.2, 0.25) is 0 Å². The molecule has 1 N–H and O–H groups in total. The molecular weight excluding hydrogens is 1210 g/mol. The Morgan fingerprint density at radius 2 is 0.969 bits per heavy atom. The molecule has 0 unspecified atom stereocenters. The Morgan fingerprint density at radius 1 is 0.536 bits per heavy atom. The molecule has 4 aromatic carbocycles. The van der Waals surface area contributed by atoms with Gasteiger partial charge in [0, 0.05) is 24.6 Å². The third-order valence-electron chi connectivity index (χ3n) is 19.2. The van der Waals surface area contributed by atoms with Gasteiger partial charge in [-0.25, -0.2) is 4.79 Å². The molecule has 0 bridgehead atoms. The van der Waals surface area contributed by atoms with Crippen molar-refractivity contribution in [2.24, 2.45) is 0 Å². The van der Waals surface area contributed by atoms with Gasteiger partial charge in [-0.15, -0.1) is 0 Å². The highest BCUT2D eigenvalue weighted by atomic mass is 16.6. The fourth-order valence-corrected chi connectivity index (χ4v) is 13.3. The van der Waals surface area contributed by atoms with Gasteiger partial charge in [0.15, 0.2) is 11.5 Å². The van der Waals surface area contributed by atoms with Crippen molar-refractivity contribution in [1.29, 1.82) is 0 Å². The number of carbonyl (C=O) groups excluding carboxylic acids is 3. The lowest BCUT2D eigenvalue weighted by molar-refractivity contribution is -0.156. The molecule has 1 aliphatic rings. The van der Waals surface area contributed by atoms with Gasteiger partial charge in [-0.05, 0) is 79.8 Å². The summed E-state index contributed by atoms with van der Waals surface area (Å²) in [6.45, 7) is 8.60. The number of ether oxygens (including phenoxy) is 7. The fourth-order valence-electron chi connectivity index (χ4n) is 13.3. The molecule has 0 saturated carbocycles. The average Bonchev–Trinajstić information content (AvgIpc) is 1.21. The highest BCUT2D eigenvalue weighted by Crippen LogP contribution is 2.43. The van der Waals surface area contributed by atoms with E-state index < -0.39 is 41.6 Å². The van der Waals surface area contributed by atoms with Crippen molar-refractivity contribution in [2.75, 3.05) is 39.4 Å². The molecule has 0 spiro atoms. The number of nitrogens with zero attached hydrogens (tertiary/aromatic N) is 2. The van der Waals surface area contributed by atoms with Crippen LogP contribution in [0.5, 0.6) is 23.0 Å². The van der Waals surface area contributed by atoms with Crippen LogP contribution in [0.25, 0.3) is 0 Å². The van der Waals surface area contributed by atoms with E-state index in [2.05, 4.69) is 24.1 Å². The highest BCUT2D eigenvalue weighted by molar-refractivity contribution is 6.06. The number of esters is 1. The van der Waals surface area contributed by atoms with Gasteiger partial charge in [-0.3, -0.25) is 14.2 Å². The summed E-state index contributed by atoms with van der Waals surface area (Å²) in [6, 6.07) is 30.5. The largest absolute Gasteiger partial charge is 0.497 e. The second-order valence-corrected chi connectivity index (χ2v) is 27.2. The monoisotopic (exact) mass is 1340 g/mol. The van der Waals surface area contributed by atoms with Gasteiger partial charge in [-0.1, -0.05) is 293 Å². The van der Waals surface area contributed by atoms with Crippen LogP contribution in [-0.2, 0) is 29.4 Å². The predicted molar refractivity (Wildman–Crippen MR) is 393 cm³/mol. The summed E-state index contributed by atoms with van der Waals surface area (Å²) < 4.78 is 45.5. The molecule has 0 radical (unpaired) electrons. The van der Waals surface area contributed by atoms with Gasteiger partial charge in [0.1, 0.15) is 47.1 Å². The van der Waals surface area contributed by atoms with Crippen molar-refractivity contribution in [3.63, 3.8) is 0 Å². The molecule has 1 aromatic heterocycles. The molecule has 2 heterocycles. The Bertz CT molecular complexity index is 2960. The number of ketones is 1. The van der Waals surface area contributed by atoms with E-state index in [1.54, 1.807) is 39.5 Å². The summed E-state index contributed by atoms with van der Waals surface area (Å²) in [6.07, 6.45) is 45.6. The SMILES string of the molecule is CCCCCCCCCCCCCCCCCCCCOc1cccc(C(=O)Nc2nc(=O)n([C@H]3C[C@H](OC(=O)CCC(C)=O)[C@@H](COC(c4ccccc4)(c4ccc(OC)cc4)c4ccc(OC)cc4)O3)cc2C)c1OCCCCCCCCCCCCCCCCCCCC. The Kier molecular flexibility index (Phi) is 38.9. The normalized spacial score (nSPS) is 14.6. The summed E-state index contributed by atoms with van der Waals surface area (Å²) in [5.41, 5.74) is 1.27. The Hall–Kier alpha value is -6.51. The van der Waals surface area contributed by atoms with E-state index in [9.17, 15) is 19.2 Å². The summed E-state index contributed by atoms with van der Waals surface area (Å²) in [7, 11) is 3.23. The van der Waals surface area contributed by atoms with Crippen molar-refractivity contribution in [2.45, 2.75) is 302 Å². The van der Waals surface area contributed by atoms with E-state index in [1.165, 1.54) is 211 Å². The first kappa shape index (κ1) is 79.5. The molecule has 14 heteroatoms. The number of nitrogens with one attached hydrogen (secondary N) is 1. The number of benzene rings is 4. The number of aromatic nitrogens is 2. The van der Waals surface area contributed by atoms with Gasteiger partial charge in [0.05, 0.1) is 46.0 Å². The summed E-state index contributed by atoms with van der Waals surface area (Å²) in [4.78, 5) is 58.8. The van der Waals surface area contributed by atoms with E-state index in [1.807, 2.05) is 84.9 Å². The van der Waals surface area contributed by atoms with Crippen LogP contribution in [0, 0.1) is 6.92 Å². The van der Waals surface area contributed by atoms with Crippen molar-refractivity contribution >= 4 is 23.5 Å². The number of methoxy groups -OCH3 is 2. The number of carbonyl (C=O) groups is 3. The summed E-state index contributed by atoms with van der Waals surface area (Å²) in [5.74, 6) is 1.12. The van der Waals surface area contributed by atoms with Crippen LogP contribution in [0.15, 0.2) is 108 Å². The minimum absolute atomic E-state index is 0.0169. The summed E-state index contributed by atoms with van der Waals surface area (Å²) >= 11 is 0. The summed E-state index contributed by atoms with van der Waals surface area (Å²) in [5, 5.41) is 2.94. The molecule has 3 atom stereocenters. The molecule has 1 aliphatic heterocycles. The number of amides is 1. The van der Waals surface area contributed by atoms with Gasteiger partial charge in [0.25, 0.3) is 5.91 Å². The van der Waals surface area contributed by atoms with Crippen LogP contribution < -0.4 is 30.0 Å². The van der Waals surface area contributed by atoms with Crippen molar-refractivity contribution in [1.82, 2.24) is 9.55 Å². The Balaban J connectivity index is 1.09. The molecule has 0 aliphatic carbocycles. The minimum Gasteiger partial charge on any atom is -0.497 e. The van der Waals surface area contributed by atoms with E-state index in [-0.39, 0.29) is 43.0 Å². The third kappa shape index (κ3) is 28.7. The first-order valence-electron chi connectivity index (χ1n) is 38.1. The van der Waals surface area contributed by atoms with Gasteiger partial charge >= 0.3 is 11.7 Å². The maximum absolute atomic E-state index is 14.5. The number of anilines is 1. The Labute approximate surface area is 583 Å². The highest BCUT2D eigenvalue weighted by Gasteiger charge is 2.44. The zero-order chi connectivity index (χ0) is 69.0. The quantitative estimate of drug-likeness (QED) is 0.0223. The number of rotatable bonds is 55. The molecule has 1 amide bonds. The van der Waals surface area contributed by atoms with Crippen LogP contribution >= 0.6 is 0 Å². The Morgan fingerprint density at radius 3 is 1.41 bits per heavy atom. The third-order valence-corrected chi connectivity index (χ3v) is 19.2. The van der Waals surface area contributed by atoms with Gasteiger partial charge in [-0.2, -0.15) is 4.98 Å². The number of para-hydroxylation sites is 1. The first-order chi connectivity index (χ1) is 47.5. The topological polar surface area (TPSA) is 163 Å². The van der Waals surface area contributed by atoms with Crippen LogP contribution in [0.2, 0.25) is 0 Å². The van der Waals surface area contributed by atoms with E-state index in [0.29, 0.717) is 41.8 Å². The number of aryl methyl sites for hydroxylation is 1. The molecule has 6 rings (SSSR count). The maximum Gasteiger partial charge on any atom is 0.351 e. The second kappa shape index (κ2) is 47.5. The standard InChI is InChI=1S/C83H123N3O11/c1-7-9-11-13-15-17-19-21-23-25-27-29-31-33-35-37-39-44-61-93-74-50-46-49-73(79(74)94-62-45-40-38-36-34-32-30-28-26-24-22-20-18-16-14-12-10-8-2)81(89)84-80-66(3)64-86(82(90)85-80)77-63-75(97-78(88)60-51-67(4)87)76(96-77)65-95-83(68-47-42-41-43-48-68,69-52-56-71(91-5)57-53-69)70-54-58-72(92-6)59-55-70/h41-43,46-50,52-59,64,75-77H,7-40,44-45,51,60-63,65H2,1-6H3,(H,84,85,89,90)/t75-,76+,77+/m0/s1. The van der Waals surface area contributed by atoms with Crippen LogP contribution in [0.3, 0.4) is 0 Å². The minimum atomic E-state index is -1.23. The molecule has 536 valence electrons. The van der Waals surface area contributed by atoms with Crippen LogP contribution in [0.1, 0.15) is 310 Å². The van der Waals surface area contributed by atoms with Crippen molar-refractivity contribution < 1.29 is 47.5 Å². The number of unbranched alkanes of at least 4 members (excludes halogenated alkanes) is 34. The molecular formula is C83H123N3O11. The molecule has 1 fully saturated rings. The second-order valence-electron chi connectivity index (χ2n) is 27.2. The van der Waals surface area contributed by atoms with Crippen LogP contribution in [-0.4, -0.2) is 73.5 Å². The lowest BCUT2D eigenvalue weighted by Gasteiger charge is -2.37. The number of hydrogen-bond donors (Lipinski definition) is 1. The maximum atomic E-state index is 14.5. The number of hydrogen-bond acceptors (Lipinski definition) is 12. The van der Waals surface area contributed by atoms with Crippen molar-refractivity contribution in [3.8, 4) is 23.0 Å². The molecule has 1 saturated heterocycles. The van der Waals surface area contributed by atoms with Crippen LogP contribution in [0.4, 0.5) is 5.82 Å². The lowest BCUT2D eigenvalue weighted by atomic mass is 9.80. The molecule has 14 nitrogen and oxygen atoms in total. The van der Waals surface area contributed by atoms with E-state index in [0.717, 1.165) is 48.8 Å². The lowest BCUT2D eigenvalue weighted by Crippen LogP contribution is -2.39. The predicted octanol–water partition coefficient (Wildman–Crippen LogP) is 21.2. The van der Waals surface area contributed by atoms with E-state index in [4.69, 9.17) is 33.2 Å². The number of Topliss-reactive ketones (excluding diaryl/α,β-unsaturated/α-hetero) is 1. The molecule has 5 aromatic rings. The smallest absolute Gasteiger partial charge is 0.351 e. The fraction of sp³-hybridized carbons (Fsp3) is 0.627. The zero-order valence-corrected chi connectivity index (χ0v) is 60.6. The van der Waals surface area contributed by atoms with E-state index >= 15 is 0 Å². The van der Waals surface area contributed by atoms with Crippen molar-refractivity contribution in [3.05, 3.63) is 142 Å². The average molecular weight is 1340 g/mol. The first-order valence-corrected chi connectivity index (χ1v) is 38.1. The molecule has 97 heavy (non-hydrogen) atoms.